The van der Waals surface area contributed by atoms with Crippen LogP contribution < -0.4 is 5.32 Å². The summed E-state index contributed by atoms with van der Waals surface area (Å²) < 4.78 is 0. The van der Waals surface area contributed by atoms with Gasteiger partial charge < -0.3 is 10.4 Å². The molecule has 0 spiro atoms. The number of aromatic nitrogens is 1. The molecule has 0 aliphatic carbocycles. The van der Waals surface area contributed by atoms with Gasteiger partial charge in [-0.05, 0) is 29.9 Å². The van der Waals surface area contributed by atoms with Crippen LogP contribution >= 0.6 is 11.8 Å². The molecule has 2 aromatic rings. The summed E-state index contributed by atoms with van der Waals surface area (Å²) in [4.78, 5) is 4.48. The van der Waals surface area contributed by atoms with E-state index in [0.717, 1.165) is 30.2 Å². The van der Waals surface area contributed by atoms with E-state index in [0.29, 0.717) is 0 Å². The fraction of sp³-hybridized carbons (Fsp3) is 0.353. The fourth-order valence-electron chi connectivity index (χ4n) is 2.13. The normalized spacial score (nSPS) is 12.2. The van der Waals surface area contributed by atoms with Gasteiger partial charge >= 0.3 is 0 Å². The summed E-state index contributed by atoms with van der Waals surface area (Å²) in [7, 11) is 0. The largest absolute Gasteiger partial charge is 0.396 e. The van der Waals surface area contributed by atoms with Crippen molar-refractivity contribution >= 4 is 11.8 Å². The number of aliphatic hydroxyl groups excluding tert-OH is 1. The van der Waals surface area contributed by atoms with Gasteiger partial charge in [-0.15, -0.1) is 0 Å². The Balaban J connectivity index is 1.94. The molecule has 2 rings (SSSR count). The van der Waals surface area contributed by atoms with Crippen molar-refractivity contribution in [2.75, 3.05) is 24.7 Å². The summed E-state index contributed by atoms with van der Waals surface area (Å²) in [5.41, 5.74) is 2.28. The minimum Gasteiger partial charge on any atom is -0.396 e. The maximum Gasteiger partial charge on any atom is 0.0751 e. The lowest BCUT2D eigenvalue weighted by Gasteiger charge is -2.18. The van der Waals surface area contributed by atoms with Gasteiger partial charge in [0.15, 0.2) is 0 Å². The van der Waals surface area contributed by atoms with Crippen molar-refractivity contribution in [3.05, 3.63) is 66.0 Å². The van der Waals surface area contributed by atoms with E-state index >= 15 is 0 Å². The van der Waals surface area contributed by atoms with Gasteiger partial charge in [0.1, 0.15) is 0 Å². The van der Waals surface area contributed by atoms with E-state index in [1.54, 1.807) is 0 Å². The lowest BCUT2D eigenvalue weighted by molar-refractivity contribution is 0.296. The topological polar surface area (TPSA) is 45.1 Å². The van der Waals surface area contributed by atoms with E-state index in [4.69, 9.17) is 5.11 Å². The van der Waals surface area contributed by atoms with Crippen molar-refractivity contribution in [1.82, 2.24) is 10.3 Å². The Bertz CT molecular complexity index is 453. The van der Waals surface area contributed by atoms with Crippen molar-refractivity contribution in [2.24, 2.45) is 0 Å². The Morgan fingerprint density at radius 1 is 1.05 bits per heavy atom. The van der Waals surface area contributed by atoms with Crippen molar-refractivity contribution in [3.63, 3.8) is 0 Å². The maximum atomic E-state index is 8.77. The first kappa shape index (κ1) is 16.0. The van der Waals surface area contributed by atoms with Crippen LogP contribution in [-0.4, -0.2) is 34.7 Å². The summed E-state index contributed by atoms with van der Waals surface area (Å²) in [6.07, 6.45) is 2.70. The van der Waals surface area contributed by atoms with Gasteiger partial charge in [-0.2, -0.15) is 11.8 Å². The van der Waals surface area contributed by atoms with E-state index < -0.39 is 0 Å². The lowest BCUT2D eigenvalue weighted by atomic mass is 10.0. The zero-order valence-electron chi connectivity index (χ0n) is 12.1. The number of nitrogens with one attached hydrogen (secondary N) is 1. The molecule has 0 amide bonds. The molecule has 1 heterocycles. The molecule has 4 heteroatoms. The van der Waals surface area contributed by atoms with Crippen molar-refractivity contribution in [2.45, 2.75) is 12.5 Å². The first-order valence-electron chi connectivity index (χ1n) is 7.29. The number of nitrogens with zero attached hydrogens (tertiary/aromatic N) is 1. The Labute approximate surface area is 130 Å². The Kier molecular flexibility index (Phi) is 7.29. The Morgan fingerprint density at radius 2 is 1.86 bits per heavy atom. The summed E-state index contributed by atoms with van der Waals surface area (Å²) in [6, 6.07) is 16.6. The van der Waals surface area contributed by atoms with E-state index in [2.05, 4.69) is 40.6 Å². The molecule has 0 aliphatic rings. The number of aliphatic hydroxyl groups is 1. The Hall–Kier alpha value is -1.36. The number of thioether (sulfide) groups is 1. The SMILES string of the molecule is OCCCSCCNC(c1ccccc1)c1ccccn1. The molecule has 112 valence electrons. The van der Waals surface area contributed by atoms with Crippen LogP contribution in [0.2, 0.25) is 0 Å². The van der Waals surface area contributed by atoms with Crippen LogP contribution in [0.3, 0.4) is 0 Å². The average molecular weight is 302 g/mol. The van der Waals surface area contributed by atoms with Crippen LogP contribution in [0.15, 0.2) is 54.7 Å². The highest BCUT2D eigenvalue weighted by Gasteiger charge is 2.13. The molecule has 0 saturated carbocycles. The van der Waals surface area contributed by atoms with Crippen LogP contribution in [0.5, 0.6) is 0 Å². The maximum absolute atomic E-state index is 8.77. The molecule has 0 radical (unpaired) electrons. The van der Waals surface area contributed by atoms with E-state index in [1.807, 2.05) is 36.2 Å². The molecule has 21 heavy (non-hydrogen) atoms. The molecule has 0 aliphatic heterocycles. The van der Waals surface area contributed by atoms with Gasteiger partial charge in [0.2, 0.25) is 0 Å². The average Bonchev–Trinajstić information content (AvgIpc) is 2.56. The minimum absolute atomic E-state index is 0.130. The molecular weight excluding hydrogens is 280 g/mol. The zero-order valence-corrected chi connectivity index (χ0v) is 12.9. The number of pyridine rings is 1. The standard InChI is InChI=1S/C17H22N2OS/c20-12-6-13-21-14-11-19-17(15-7-2-1-3-8-15)16-9-4-5-10-18-16/h1-5,7-10,17,19-20H,6,11-14H2. The van der Waals surface area contributed by atoms with Gasteiger partial charge in [0, 0.05) is 25.1 Å². The summed E-state index contributed by atoms with van der Waals surface area (Å²) in [6.45, 7) is 1.20. The lowest BCUT2D eigenvalue weighted by Crippen LogP contribution is -2.25. The van der Waals surface area contributed by atoms with Crippen LogP contribution in [0, 0.1) is 0 Å². The van der Waals surface area contributed by atoms with Crippen molar-refractivity contribution < 1.29 is 5.11 Å². The molecule has 0 saturated heterocycles. The van der Waals surface area contributed by atoms with Gasteiger partial charge in [0.25, 0.3) is 0 Å². The fourth-order valence-corrected chi connectivity index (χ4v) is 2.93. The van der Waals surface area contributed by atoms with Gasteiger partial charge in [-0.1, -0.05) is 36.4 Å². The molecule has 0 bridgehead atoms. The van der Waals surface area contributed by atoms with E-state index in [9.17, 15) is 0 Å². The first-order valence-corrected chi connectivity index (χ1v) is 8.45. The quantitative estimate of drug-likeness (QED) is 0.699. The third-order valence-corrected chi connectivity index (χ3v) is 4.23. The predicted molar refractivity (Wildman–Crippen MR) is 89.6 cm³/mol. The molecule has 3 nitrogen and oxygen atoms in total. The third kappa shape index (κ3) is 5.50. The molecule has 1 atom stereocenters. The molecule has 1 aromatic carbocycles. The van der Waals surface area contributed by atoms with Crippen LogP contribution in [0.1, 0.15) is 23.7 Å². The van der Waals surface area contributed by atoms with E-state index in [-0.39, 0.29) is 12.6 Å². The van der Waals surface area contributed by atoms with Crippen LogP contribution in [0.25, 0.3) is 0 Å². The second-order valence-corrected chi connectivity index (χ2v) is 5.97. The molecular formula is C17H22N2OS. The highest BCUT2D eigenvalue weighted by Crippen LogP contribution is 2.19. The van der Waals surface area contributed by atoms with Gasteiger partial charge in [-0.25, -0.2) is 0 Å². The highest BCUT2D eigenvalue weighted by molar-refractivity contribution is 7.99. The second-order valence-electron chi connectivity index (χ2n) is 4.74. The summed E-state index contributed by atoms with van der Waals surface area (Å²) in [5, 5.41) is 12.4. The van der Waals surface area contributed by atoms with Crippen molar-refractivity contribution in [3.8, 4) is 0 Å². The Morgan fingerprint density at radius 3 is 2.57 bits per heavy atom. The summed E-state index contributed by atoms with van der Waals surface area (Å²) in [5.74, 6) is 2.05. The number of hydrogen-bond donors (Lipinski definition) is 2. The highest BCUT2D eigenvalue weighted by atomic mass is 32.2. The number of hydrogen-bond acceptors (Lipinski definition) is 4. The van der Waals surface area contributed by atoms with Gasteiger partial charge in [0.05, 0.1) is 11.7 Å². The third-order valence-electron chi connectivity index (χ3n) is 3.16. The molecule has 1 aromatic heterocycles. The zero-order chi connectivity index (χ0) is 14.8. The molecule has 1 unspecified atom stereocenters. The number of rotatable bonds is 9. The second kappa shape index (κ2) is 9.55. The van der Waals surface area contributed by atoms with Crippen molar-refractivity contribution in [1.29, 1.82) is 0 Å². The monoisotopic (exact) mass is 302 g/mol. The smallest absolute Gasteiger partial charge is 0.0751 e. The number of benzene rings is 1. The van der Waals surface area contributed by atoms with Crippen LogP contribution in [-0.2, 0) is 0 Å². The van der Waals surface area contributed by atoms with Gasteiger partial charge in [-0.3, -0.25) is 4.98 Å². The van der Waals surface area contributed by atoms with E-state index in [1.165, 1.54) is 5.56 Å². The molecule has 2 N–H and O–H groups in total. The summed E-state index contributed by atoms with van der Waals surface area (Å²) >= 11 is 1.87. The predicted octanol–water partition coefficient (Wildman–Crippen LogP) is 2.88. The van der Waals surface area contributed by atoms with Crippen LogP contribution in [0.4, 0.5) is 0 Å². The molecule has 0 fully saturated rings. The first-order chi connectivity index (χ1) is 10.4. The minimum atomic E-state index is 0.130.